The van der Waals surface area contributed by atoms with Crippen LogP contribution in [0.5, 0.6) is 5.75 Å². The third-order valence-electron chi connectivity index (χ3n) is 1.22. The van der Waals surface area contributed by atoms with Gasteiger partial charge in [-0.25, -0.2) is 0 Å². The number of methoxy groups -OCH3 is 1. The summed E-state index contributed by atoms with van der Waals surface area (Å²) in [5.74, 6) is 0.788. The van der Waals surface area contributed by atoms with Crippen LogP contribution in [-0.2, 0) is 0 Å². The van der Waals surface area contributed by atoms with E-state index in [1.54, 1.807) is 13.2 Å². The van der Waals surface area contributed by atoms with Crippen molar-refractivity contribution in [2.45, 2.75) is 0 Å². The van der Waals surface area contributed by atoms with Crippen LogP contribution in [0.15, 0.2) is 18.2 Å². The summed E-state index contributed by atoms with van der Waals surface area (Å²) in [5.41, 5.74) is 6.31. The molecule has 0 atom stereocenters. The van der Waals surface area contributed by atoms with E-state index in [9.17, 15) is 0 Å². The topological polar surface area (TPSA) is 35.2 Å². The van der Waals surface area contributed by atoms with Crippen LogP contribution < -0.4 is 14.9 Å². The number of hydrogen-bond donors (Lipinski definition) is 1. The number of benzene rings is 1. The molecule has 2 nitrogen and oxygen atoms in total. The maximum absolute atomic E-state index is 5.58. The molecule has 1 aromatic carbocycles. The van der Waals surface area contributed by atoms with E-state index < -0.39 is 0 Å². The Morgan fingerprint density at radius 2 is 2.20 bits per heavy atom. The van der Waals surface area contributed by atoms with Gasteiger partial charge in [-0.15, -0.1) is 0 Å². The van der Waals surface area contributed by atoms with Crippen LogP contribution in [0, 0.1) is 0 Å². The molecule has 0 unspecified atom stereocenters. The molecule has 53 valence electrons. The normalized spacial score (nSPS) is 9.30. The van der Waals surface area contributed by atoms with Gasteiger partial charge in [-0.3, -0.25) is 0 Å². The molecule has 1 rings (SSSR count). The second-order valence-electron chi connectivity index (χ2n) is 1.90. The van der Waals surface area contributed by atoms with E-state index in [0.717, 1.165) is 15.9 Å². The third-order valence-corrected chi connectivity index (χ3v) is 2.00. The molecule has 1 radical (unpaired) electrons. The van der Waals surface area contributed by atoms with E-state index in [2.05, 4.69) is 16.0 Å². The minimum atomic E-state index is 0.722. The van der Waals surface area contributed by atoms with Gasteiger partial charge in [-0.2, -0.15) is 0 Å². The zero-order valence-corrected chi connectivity index (χ0v) is 7.34. The fraction of sp³-hybridized carbons (Fsp3) is 0.143. The molecular weight excluding hydrogens is 193 g/mol. The van der Waals surface area contributed by atoms with Crippen LogP contribution >= 0.6 is 0 Å². The Bertz CT molecular complexity index is 237. The summed E-state index contributed by atoms with van der Waals surface area (Å²) >= 11 is 2.84. The van der Waals surface area contributed by atoms with Crippen molar-refractivity contribution < 1.29 is 4.74 Å². The summed E-state index contributed by atoms with van der Waals surface area (Å²) < 4.78 is 5.92. The van der Waals surface area contributed by atoms with E-state index in [-0.39, 0.29) is 0 Å². The molecule has 3 heteroatoms. The first-order valence-corrected chi connectivity index (χ1v) is 3.70. The van der Waals surface area contributed by atoms with E-state index in [1.807, 2.05) is 12.1 Å². The first-order valence-electron chi connectivity index (χ1n) is 2.84. The Labute approximate surface area is 68.2 Å². The standard InChI is InChI=1S/C7H8NOSe/c1-9-5-2-3-7(10)6(8)4-5/h2-4H,8H2,1H3. The first-order chi connectivity index (χ1) is 4.74. The molecule has 0 saturated heterocycles. The van der Waals surface area contributed by atoms with Gasteiger partial charge in [0.15, 0.2) is 0 Å². The van der Waals surface area contributed by atoms with Crippen molar-refractivity contribution >= 4 is 26.2 Å². The van der Waals surface area contributed by atoms with Gasteiger partial charge in [0, 0.05) is 0 Å². The van der Waals surface area contributed by atoms with Crippen molar-refractivity contribution in [3.63, 3.8) is 0 Å². The Hall–Kier alpha value is -0.661. The van der Waals surface area contributed by atoms with Gasteiger partial charge in [0.25, 0.3) is 0 Å². The monoisotopic (exact) mass is 202 g/mol. The van der Waals surface area contributed by atoms with Crippen molar-refractivity contribution in [3.05, 3.63) is 18.2 Å². The van der Waals surface area contributed by atoms with Crippen molar-refractivity contribution in [1.29, 1.82) is 0 Å². The molecule has 2 N–H and O–H groups in total. The fourth-order valence-electron chi connectivity index (χ4n) is 0.654. The average Bonchev–Trinajstić information content (AvgIpc) is 1.95. The maximum atomic E-state index is 5.58. The number of rotatable bonds is 1. The van der Waals surface area contributed by atoms with Crippen LogP contribution in [-0.4, -0.2) is 23.1 Å². The minimum absolute atomic E-state index is 0.722. The molecule has 0 aliphatic carbocycles. The van der Waals surface area contributed by atoms with Crippen LogP contribution in [0.3, 0.4) is 0 Å². The van der Waals surface area contributed by atoms with E-state index in [4.69, 9.17) is 10.5 Å². The summed E-state index contributed by atoms with van der Waals surface area (Å²) in [5, 5.41) is 0. The summed E-state index contributed by atoms with van der Waals surface area (Å²) in [6.07, 6.45) is 0. The number of hydrogen-bond acceptors (Lipinski definition) is 2. The van der Waals surface area contributed by atoms with Gasteiger partial charge in [0.2, 0.25) is 0 Å². The van der Waals surface area contributed by atoms with Crippen molar-refractivity contribution in [2.75, 3.05) is 12.8 Å². The van der Waals surface area contributed by atoms with Crippen molar-refractivity contribution in [3.8, 4) is 5.75 Å². The second-order valence-corrected chi connectivity index (χ2v) is 2.83. The van der Waals surface area contributed by atoms with Crippen LogP contribution in [0.2, 0.25) is 0 Å². The van der Waals surface area contributed by atoms with Gasteiger partial charge in [-0.1, -0.05) is 0 Å². The van der Waals surface area contributed by atoms with Crippen LogP contribution in [0.1, 0.15) is 0 Å². The summed E-state index contributed by atoms with van der Waals surface area (Å²) in [6.45, 7) is 0. The summed E-state index contributed by atoms with van der Waals surface area (Å²) in [7, 11) is 1.62. The predicted octanol–water partition coefficient (Wildman–Crippen LogP) is 0.0712. The molecule has 0 amide bonds. The van der Waals surface area contributed by atoms with E-state index in [0.29, 0.717) is 0 Å². The van der Waals surface area contributed by atoms with Crippen LogP contribution in [0.25, 0.3) is 0 Å². The Kier molecular flexibility index (Phi) is 2.20. The van der Waals surface area contributed by atoms with Crippen molar-refractivity contribution in [2.24, 2.45) is 0 Å². The summed E-state index contributed by atoms with van der Waals surface area (Å²) in [4.78, 5) is 0. The molecule has 10 heavy (non-hydrogen) atoms. The zero-order chi connectivity index (χ0) is 7.56. The second kappa shape index (κ2) is 2.95. The fourth-order valence-corrected chi connectivity index (χ4v) is 0.920. The van der Waals surface area contributed by atoms with Gasteiger partial charge in [-0.05, 0) is 0 Å². The van der Waals surface area contributed by atoms with Gasteiger partial charge >= 0.3 is 67.7 Å². The Morgan fingerprint density at radius 3 is 2.70 bits per heavy atom. The average molecular weight is 201 g/mol. The third kappa shape index (κ3) is 1.43. The summed E-state index contributed by atoms with van der Waals surface area (Å²) in [6, 6.07) is 5.53. The molecule has 0 spiro atoms. The molecule has 0 heterocycles. The Morgan fingerprint density at radius 1 is 1.50 bits per heavy atom. The number of nitrogens with two attached hydrogens (primary N) is 1. The molecular formula is C7H8NOSe. The van der Waals surface area contributed by atoms with Gasteiger partial charge in [0.05, 0.1) is 0 Å². The number of ether oxygens (including phenoxy) is 1. The van der Waals surface area contributed by atoms with Crippen LogP contribution in [0.4, 0.5) is 5.69 Å². The van der Waals surface area contributed by atoms with Crippen molar-refractivity contribution in [1.82, 2.24) is 0 Å². The molecule has 0 saturated carbocycles. The Balaban J connectivity index is 3.04. The molecule has 0 bridgehead atoms. The first kappa shape index (κ1) is 7.45. The molecule has 0 fully saturated rings. The SMILES string of the molecule is COc1ccc([Se])c(N)c1. The molecule has 0 aliphatic heterocycles. The number of nitrogen functional groups attached to an aromatic ring is 1. The zero-order valence-electron chi connectivity index (χ0n) is 5.63. The van der Waals surface area contributed by atoms with Gasteiger partial charge < -0.3 is 0 Å². The molecule has 0 aromatic heterocycles. The van der Waals surface area contributed by atoms with Gasteiger partial charge in [0.1, 0.15) is 0 Å². The van der Waals surface area contributed by atoms with E-state index >= 15 is 0 Å². The quantitative estimate of drug-likeness (QED) is 0.515. The predicted molar refractivity (Wildman–Crippen MR) is 42.8 cm³/mol. The van der Waals surface area contributed by atoms with E-state index in [1.165, 1.54) is 0 Å². The number of anilines is 1. The molecule has 1 aromatic rings. The molecule has 0 aliphatic rings.